The van der Waals surface area contributed by atoms with Crippen LogP contribution in [0.3, 0.4) is 0 Å². The van der Waals surface area contributed by atoms with Crippen molar-refractivity contribution in [2.24, 2.45) is 0 Å². The number of benzene rings is 2. The zero-order chi connectivity index (χ0) is 17.8. The van der Waals surface area contributed by atoms with Crippen LogP contribution in [-0.2, 0) is 17.8 Å². The molecular formula is C20H18BrFN2O. The topological polar surface area (TPSA) is 33.2 Å². The molecule has 3 aromatic rings. The van der Waals surface area contributed by atoms with Crippen LogP contribution in [0.15, 0.2) is 59.2 Å². The summed E-state index contributed by atoms with van der Waals surface area (Å²) in [6.45, 7) is 2.66. The van der Waals surface area contributed by atoms with E-state index in [-0.39, 0.29) is 24.7 Å². The van der Waals surface area contributed by atoms with Gasteiger partial charge in [-0.1, -0.05) is 40.2 Å². The largest absolute Gasteiger partial charge is 0.338 e. The number of rotatable bonds is 5. The molecule has 1 amide bonds. The Morgan fingerprint density at radius 3 is 2.76 bits per heavy atom. The molecule has 0 N–H and O–H groups in total. The Balaban J connectivity index is 1.81. The minimum Gasteiger partial charge on any atom is -0.338 e. The molecule has 0 saturated heterocycles. The zero-order valence-corrected chi connectivity index (χ0v) is 15.5. The van der Waals surface area contributed by atoms with Gasteiger partial charge in [0.15, 0.2) is 0 Å². The molecular weight excluding hydrogens is 383 g/mol. The average Bonchev–Trinajstić information content (AvgIpc) is 2.62. The normalized spacial score (nSPS) is 10.8. The summed E-state index contributed by atoms with van der Waals surface area (Å²) in [5.74, 6) is -0.346. The second-order valence-corrected chi connectivity index (χ2v) is 6.73. The predicted octanol–water partition coefficient (Wildman–Crippen LogP) is 4.73. The number of carbonyl (C=O) groups is 1. The van der Waals surface area contributed by atoms with Gasteiger partial charge in [-0.3, -0.25) is 9.78 Å². The van der Waals surface area contributed by atoms with Crippen LogP contribution in [0.25, 0.3) is 10.9 Å². The van der Waals surface area contributed by atoms with E-state index in [2.05, 4.69) is 20.9 Å². The van der Waals surface area contributed by atoms with Gasteiger partial charge in [-0.2, -0.15) is 0 Å². The summed E-state index contributed by atoms with van der Waals surface area (Å²) in [5.41, 5.74) is 2.22. The fourth-order valence-electron chi connectivity index (χ4n) is 2.83. The van der Waals surface area contributed by atoms with Crippen LogP contribution in [0.5, 0.6) is 0 Å². The number of hydrogen-bond donors (Lipinski definition) is 0. The maximum Gasteiger partial charge on any atom is 0.227 e. The fraction of sp³-hybridized carbons (Fsp3) is 0.200. The lowest BCUT2D eigenvalue weighted by Gasteiger charge is -2.22. The van der Waals surface area contributed by atoms with E-state index in [1.165, 1.54) is 6.07 Å². The summed E-state index contributed by atoms with van der Waals surface area (Å²) < 4.78 is 14.8. The highest BCUT2D eigenvalue weighted by atomic mass is 79.9. The second-order valence-electron chi connectivity index (χ2n) is 5.81. The number of carbonyl (C=O) groups excluding carboxylic acids is 1. The SMILES string of the molecule is CCN(Cc1cc(Br)ccc1F)C(=O)Cc1cccc2cccnc12. The molecule has 0 saturated carbocycles. The van der Waals surface area contributed by atoms with Crippen LogP contribution in [0.2, 0.25) is 0 Å². The van der Waals surface area contributed by atoms with Crippen molar-refractivity contribution in [3.8, 4) is 0 Å². The number of fused-ring (bicyclic) bond motifs is 1. The van der Waals surface area contributed by atoms with Gasteiger partial charge in [0.05, 0.1) is 11.9 Å². The lowest BCUT2D eigenvalue weighted by atomic mass is 10.1. The number of nitrogens with zero attached hydrogens (tertiary/aromatic N) is 2. The third-order valence-corrected chi connectivity index (χ3v) is 4.65. The molecule has 5 heteroatoms. The highest BCUT2D eigenvalue weighted by Crippen LogP contribution is 2.20. The van der Waals surface area contributed by atoms with Crippen molar-refractivity contribution in [2.45, 2.75) is 19.9 Å². The first-order valence-corrected chi connectivity index (χ1v) is 8.92. The molecule has 0 bridgehead atoms. The molecule has 0 aliphatic rings. The van der Waals surface area contributed by atoms with E-state index < -0.39 is 0 Å². The Morgan fingerprint density at radius 1 is 1.16 bits per heavy atom. The first kappa shape index (κ1) is 17.5. The van der Waals surface area contributed by atoms with Crippen LogP contribution in [0.1, 0.15) is 18.1 Å². The first-order valence-electron chi connectivity index (χ1n) is 8.13. The van der Waals surface area contributed by atoms with Crippen molar-refractivity contribution < 1.29 is 9.18 Å². The Hall–Kier alpha value is -2.27. The monoisotopic (exact) mass is 400 g/mol. The summed E-state index contributed by atoms with van der Waals surface area (Å²) in [7, 11) is 0. The van der Waals surface area contributed by atoms with E-state index in [0.29, 0.717) is 12.1 Å². The minimum absolute atomic E-state index is 0.0416. The van der Waals surface area contributed by atoms with E-state index in [1.54, 1.807) is 23.2 Å². The Labute approximate surface area is 154 Å². The molecule has 0 radical (unpaired) electrons. The molecule has 1 aromatic heterocycles. The Kier molecular flexibility index (Phi) is 5.43. The molecule has 25 heavy (non-hydrogen) atoms. The van der Waals surface area contributed by atoms with Crippen LogP contribution >= 0.6 is 15.9 Å². The fourth-order valence-corrected chi connectivity index (χ4v) is 3.24. The van der Waals surface area contributed by atoms with Crippen molar-refractivity contribution in [1.82, 2.24) is 9.88 Å². The van der Waals surface area contributed by atoms with Crippen LogP contribution in [0.4, 0.5) is 4.39 Å². The van der Waals surface area contributed by atoms with E-state index in [9.17, 15) is 9.18 Å². The van der Waals surface area contributed by atoms with Gasteiger partial charge in [-0.05, 0) is 36.8 Å². The van der Waals surface area contributed by atoms with Crippen molar-refractivity contribution in [3.05, 3.63) is 76.1 Å². The number of para-hydroxylation sites is 1. The van der Waals surface area contributed by atoms with E-state index >= 15 is 0 Å². The van der Waals surface area contributed by atoms with Gasteiger partial charge in [-0.15, -0.1) is 0 Å². The van der Waals surface area contributed by atoms with Crippen LogP contribution in [-0.4, -0.2) is 22.3 Å². The van der Waals surface area contributed by atoms with Crippen LogP contribution < -0.4 is 0 Å². The van der Waals surface area contributed by atoms with Gasteiger partial charge < -0.3 is 4.90 Å². The van der Waals surface area contributed by atoms with Gasteiger partial charge in [0.2, 0.25) is 5.91 Å². The van der Waals surface area contributed by atoms with Crippen molar-refractivity contribution in [1.29, 1.82) is 0 Å². The molecule has 0 spiro atoms. The van der Waals surface area contributed by atoms with Gasteiger partial charge in [0.1, 0.15) is 5.82 Å². The maximum atomic E-state index is 14.0. The summed E-state index contributed by atoms with van der Waals surface area (Å²) >= 11 is 3.35. The van der Waals surface area contributed by atoms with Gasteiger partial charge in [0.25, 0.3) is 0 Å². The van der Waals surface area contributed by atoms with Crippen molar-refractivity contribution in [2.75, 3.05) is 6.54 Å². The van der Waals surface area contributed by atoms with Crippen LogP contribution in [0, 0.1) is 5.82 Å². The van der Waals surface area contributed by atoms with Gasteiger partial charge in [0, 0.05) is 34.7 Å². The molecule has 3 nitrogen and oxygen atoms in total. The predicted molar refractivity (Wildman–Crippen MR) is 101 cm³/mol. The first-order chi connectivity index (χ1) is 12.1. The number of halogens is 2. The lowest BCUT2D eigenvalue weighted by Crippen LogP contribution is -2.32. The molecule has 0 aliphatic heterocycles. The van der Waals surface area contributed by atoms with E-state index in [4.69, 9.17) is 0 Å². The molecule has 0 aliphatic carbocycles. The molecule has 1 heterocycles. The molecule has 2 aromatic carbocycles. The Bertz CT molecular complexity index is 908. The number of hydrogen-bond acceptors (Lipinski definition) is 2. The highest BCUT2D eigenvalue weighted by Gasteiger charge is 2.16. The molecule has 3 rings (SSSR count). The van der Waals surface area contributed by atoms with Gasteiger partial charge in [-0.25, -0.2) is 4.39 Å². The van der Waals surface area contributed by atoms with E-state index in [0.717, 1.165) is 20.9 Å². The summed E-state index contributed by atoms with van der Waals surface area (Å²) in [5, 5.41) is 1.01. The zero-order valence-electron chi connectivity index (χ0n) is 13.9. The van der Waals surface area contributed by atoms with Crippen molar-refractivity contribution in [3.63, 3.8) is 0 Å². The summed E-state index contributed by atoms with van der Waals surface area (Å²) in [6.07, 6.45) is 1.97. The highest BCUT2D eigenvalue weighted by molar-refractivity contribution is 9.10. The minimum atomic E-state index is -0.304. The Morgan fingerprint density at radius 2 is 1.96 bits per heavy atom. The summed E-state index contributed by atoms with van der Waals surface area (Å²) in [4.78, 5) is 18.8. The molecule has 128 valence electrons. The van der Waals surface area contributed by atoms with Crippen molar-refractivity contribution >= 4 is 32.7 Å². The third-order valence-electron chi connectivity index (χ3n) is 4.16. The molecule has 0 fully saturated rings. The summed E-state index contributed by atoms with van der Waals surface area (Å²) in [6, 6.07) is 14.4. The smallest absolute Gasteiger partial charge is 0.227 e. The number of amides is 1. The quantitative estimate of drug-likeness (QED) is 0.620. The second kappa shape index (κ2) is 7.74. The standard InChI is InChI=1S/C20H18BrFN2O/c1-2-24(13-16-11-17(21)8-9-18(16)22)19(25)12-15-6-3-5-14-7-4-10-23-20(14)15/h3-11H,2,12-13H2,1H3. The number of pyridine rings is 1. The third kappa shape index (κ3) is 4.04. The number of likely N-dealkylation sites (N-methyl/N-ethyl adjacent to an activating group) is 1. The number of aromatic nitrogens is 1. The maximum absolute atomic E-state index is 14.0. The molecule has 0 atom stereocenters. The van der Waals surface area contributed by atoms with E-state index in [1.807, 2.05) is 37.3 Å². The molecule has 0 unspecified atom stereocenters. The lowest BCUT2D eigenvalue weighted by molar-refractivity contribution is -0.130. The average molecular weight is 401 g/mol. The van der Waals surface area contributed by atoms with Gasteiger partial charge >= 0.3 is 0 Å².